The smallest absolute Gasteiger partial charge is 0.223 e. The van der Waals surface area contributed by atoms with Gasteiger partial charge in [0.1, 0.15) is 0 Å². The van der Waals surface area contributed by atoms with Gasteiger partial charge in [-0.05, 0) is 13.0 Å². The predicted octanol–water partition coefficient (Wildman–Crippen LogP) is 0.0825. The van der Waals surface area contributed by atoms with Crippen molar-refractivity contribution in [3.05, 3.63) is 17.5 Å². The molecule has 2 rings (SSSR count). The monoisotopic (exact) mass is 222 g/mol. The molecule has 1 fully saturated rings. The Bertz CT molecular complexity index is 355. The summed E-state index contributed by atoms with van der Waals surface area (Å²) in [6.45, 7) is 5.45. The minimum Gasteiger partial charge on any atom is -0.340 e. The van der Waals surface area contributed by atoms with Gasteiger partial charge >= 0.3 is 0 Å². The number of nitrogens with zero attached hydrogens (tertiary/aromatic N) is 2. The molecule has 0 atom stereocenters. The summed E-state index contributed by atoms with van der Waals surface area (Å²) < 4.78 is 0. The summed E-state index contributed by atoms with van der Waals surface area (Å²) in [5.41, 5.74) is 2.02. The lowest BCUT2D eigenvalue weighted by atomic mass is 10.2. The molecule has 1 aromatic heterocycles. The molecule has 16 heavy (non-hydrogen) atoms. The lowest BCUT2D eigenvalue weighted by molar-refractivity contribution is -0.131. The molecule has 2 N–H and O–H groups in total. The number of carbonyl (C=O) groups excluding carboxylic acids is 1. The standard InChI is InChI=1S/C11H18N4O/c1-9-8-10(14-13-9)2-3-11(16)15-6-4-12-5-7-15/h8,12H,2-7H2,1H3,(H,13,14). The van der Waals surface area contributed by atoms with Crippen LogP contribution in [0.4, 0.5) is 0 Å². The summed E-state index contributed by atoms with van der Waals surface area (Å²) in [4.78, 5) is 13.8. The van der Waals surface area contributed by atoms with E-state index in [1.54, 1.807) is 0 Å². The molecule has 1 amide bonds. The van der Waals surface area contributed by atoms with E-state index < -0.39 is 0 Å². The Morgan fingerprint density at radius 2 is 2.25 bits per heavy atom. The molecule has 1 aliphatic rings. The molecule has 1 saturated heterocycles. The Morgan fingerprint density at radius 3 is 2.88 bits per heavy atom. The second kappa shape index (κ2) is 5.12. The van der Waals surface area contributed by atoms with Crippen molar-refractivity contribution < 1.29 is 4.79 Å². The normalized spacial score (nSPS) is 16.4. The van der Waals surface area contributed by atoms with Gasteiger partial charge in [0.2, 0.25) is 5.91 Å². The van der Waals surface area contributed by atoms with Gasteiger partial charge in [-0.25, -0.2) is 0 Å². The Labute approximate surface area is 95.2 Å². The molecular weight excluding hydrogens is 204 g/mol. The summed E-state index contributed by atoms with van der Waals surface area (Å²) in [7, 11) is 0. The van der Waals surface area contributed by atoms with Gasteiger partial charge < -0.3 is 10.2 Å². The average molecular weight is 222 g/mol. The van der Waals surface area contributed by atoms with E-state index in [-0.39, 0.29) is 5.91 Å². The van der Waals surface area contributed by atoms with Crippen molar-refractivity contribution in [2.45, 2.75) is 19.8 Å². The zero-order valence-electron chi connectivity index (χ0n) is 9.62. The summed E-state index contributed by atoms with van der Waals surface area (Å²) in [6.07, 6.45) is 1.29. The van der Waals surface area contributed by atoms with E-state index >= 15 is 0 Å². The maximum Gasteiger partial charge on any atom is 0.223 e. The number of hydrogen-bond acceptors (Lipinski definition) is 3. The topological polar surface area (TPSA) is 61.0 Å². The molecule has 5 nitrogen and oxygen atoms in total. The molecule has 0 radical (unpaired) electrons. The van der Waals surface area contributed by atoms with Crippen LogP contribution in [0.25, 0.3) is 0 Å². The second-order valence-electron chi connectivity index (χ2n) is 4.17. The molecule has 0 aliphatic carbocycles. The average Bonchev–Trinajstić information content (AvgIpc) is 2.73. The molecule has 5 heteroatoms. The Morgan fingerprint density at radius 1 is 1.50 bits per heavy atom. The summed E-state index contributed by atoms with van der Waals surface area (Å²) in [5, 5.41) is 10.2. The number of H-pyrrole nitrogens is 1. The minimum absolute atomic E-state index is 0.238. The first-order chi connectivity index (χ1) is 7.75. The van der Waals surface area contributed by atoms with Crippen LogP contribution in [0.2, 0.25) is 0 Å². The van der Waals surface area contributed by atoms with Gasteiger partial charge in [0.25, 0.3) is 0 Å². The molecule has 0 bridgehead atoms. The van der Waals surface area contributed by atoms with Crippen LogP contribution in [0.1, 0.15) is 17.8 Å². The number of carbonyl (C=O) groups is 1. The number of rotatable bonds is 3. The predicted molar refractivity (Wildman–Crippen MR) is 61.1 cm³/mol. The Kier molecular flexibility index (Phi) is 3.56. The lowest BCUT2D eigenvalue weighted by Crippen LogP contribution is -2.46. The number of aromatic amines is 1. The summed E-state index contributed by atoms with van der Waals surface area (Å²) in [6, 6.07) is 1.99. The fourth-order valence-corrected chi connectivity index (χ4v) is 1.91. The van der Waals surface area contributed by atoms with E-state index in [2.05, 4.69) is 15.5 Å². The maximum absolute atomic E-state index is 11.8. The van der Waals surface area contributed by atoms with Gasteiger partial charge in [-0.15, -0.1) is 0 Å². The quantitative estimate of drug-likeness (QED) is 0.761. The van der Waals surface area contributed by atoms with Crippen LogP contribution in [0.15, 0.2) is 6.07 Å². The molecule has 0 spiro atoms. The molecular formula is C11H18N4O. The van der Waals surface area contributed by atoms with Crippen LogP contribution in [-0.2, 0) is 11.2 Å². The van der Waals surface area contributed by atoms with E-state index in [9.17, 15) is 4.79 Å². The van der Waals surface area contributed by atoms with Crippen LogP contribution in [0.3, 0.4) is 0 Å². The molecule has 0 unspecified atom stereocenters. The van der Waals surface area contributed by atoms with E-state index in [0.29, 0.717) is 6.42 Å². The Balaban J connectivity index is 1.78. The van der Waals surface area contributed by atoms with Crippen molar-refractivity contribution in [1.82, 2.24) is 20.4 Å². The highest BCUT2D eigenvalue weighted by Gasteiger charge is 2.15. The van der Waals surface area contributed by atoms with E-state index in [1.807, 2.05) is 17.9 Å². The highest BCUT2D eigenvalue weighted by atomic mass is 16.2. The van der Waals surface area contributed by atoms with Crippen LogP contribution >= 0.6 is 0 Å². The van der Waals surface area contributed by atoms with Crippen LogP contribution in [-0.4, -0.2) is 47.2 Å². The number of piperazine rings is 1. The third-order valence-electron chi connectivity index (χ3n) is 2.82. The molecule has 1 aromatic rings. The van der Waals surface area contributed by atoms with Gasteiger partial charge in [0, 0.05) is 44.7 Å². The van der Waals surface area contributed by atoms with E-state index in [4.69, 9.17) is 0 Å². The fourth-order valence-electron chi connectivity index (χ4n) is 1.91. The van der Waals surface area contributed by atoms with Crippen molar-refractivity contribution in [1.29, 1.82) is 0 Å². The molecule has 2 heterocycles. The van der Waals surface area contributed by atoms with Gasteiger partial charge in [-0.3, -0.25) is 9.89 Å². The van der Waals surface area contributed by atoms with Gasteiger partial charge in [-0.1, -0.05) is 0 Å². The third-order valence-corrected chi connectivity index (χ3v) is 2.82. The van der Waals surface area contributed by atoms with Crippen molar-refractivity contribution in [2.24, 2.45) is 0 Å². The highest BCUT2D eigenvalue weighted by Crippen LogP contribution is 2.04. The van der Waals surface area contributed by atoms with Crippen LogP contribution in [0.5, 0.6) is 0 Å². The first kappa shape index (κ1) is 11.1. The van der Waals surface area contributed by atoms with Crippen molar-refractivity contribution >= 4 is 5.91 Å². The highest BCUT2D eigenvalue weighted by molar-refractivity contribution is 5.76. The SMILES string of the molecule is Cc1cc(CCC(=O)N2CCNCC2)n[nH]1. The van der Waals surface area contributed by atoms with Gasteiger partial charge in [0.15, 0.2) is 0 Å². The van der Waals surface area contributed by atoms with Crippen molar-refractivity contribution in [2.75, 3.05) is 26.2 Å². The van der Waals surface area contributed by atoms with Gasteiger partial charge in [0.05, 0.1) is 5.69 Å². The molecule has 0 aromatic carbocycles. The maximum atomic E-state index is 11.8. The lowest BCUT2D eigenvalue weighted by Gasteiger charge is -2.27. The van der Waals surface area contributed by atoms with Gasteiger partial charge in [-0.2, -0.15) is 5.10 Å². The first-order valence-electron chi connectivity index (χ1n) is 5.75. The first-order valence-corrected chi connectivity index (χ1v) is 5.75. The van der Waals surface area contributed by atoms with Crippen LogP contribution < -0.4 is 5.32 Å². The number of aryl methyl sites for hydroxylation is 2. The largest absolute Gasteiger partial charge is 0.340 e. The van der Waals surface area contributed by atoms with Crippen LogP contribution in [0, 0.1) is 6.92 Å². The Hall–Kier alpha value is -1.36. The number of nitrogens with one attached hydrogen (secondary N) is 2. The number of amides is 1. The number of aromatic nitrogens is 2. The van der Waals surface area contributed by atoms with Crippen molar-refractivity contribution in [3.63, 3.8) is 0 Å². The zero-order chi connectivity index (χ0) is 11.4. The fraction of sp³-hybridized carbons (Fsp3) is 0.636. The zero-order valence-corrected chi connectivity index (χ0v) is 9.62. The third kappa shape index (κ3) is 2.82. The molecule has 0 saturated carbocycles. The second-order valence-corrected chi connectivity index (χ2v) is 4.17. The van der Waals surface area contributed by atoms with Crippen molar-refractivity contribution in [3.8, 4) is 0 Å². The number of hydrogen-bond donors (Lipinski definition) is 2. The van der Waals surface area contributed by atoms with E-state index in [1.165, 1.54) is 0 Å². The minimum atomic E-state index is 0.238. The molecule has 1 aliphatic heterocycles. The summed E-state index contributed by atoms with van der Waals surface area (Å²) in [5.74, 6) is 0.238. The molecule has 88 valence electrons. The van der Waals surface area contributed by atoms with E-state index in [0.717, 1.165) is 44.0 Å². The summed E-state index contributed by atoms with van der Waals surface area (Å²) >= 11 is 0.